The second kappa shape index (κ2) is 6.95. The molecule has 0 aliphatic carbocycles. The van der Waals surface area contributed by atoms with E-state index in [4.69, 9.17) is 23.2 Å². The summed E-state index contributed by atoms with van der Waals surface area (Å²) >= 11 is 12.2. The SMILES string of the molecule is CNCCC=C(C)Cc1c(Cl)cccc1Cl. The van der Waals surface area contributed by atoms with Crippen LogP contribution in [0.2, 0.25) is 10.0 Å². The van der Waals surface area contributed by atoms with Crippen LogP contribution in [0.15, 0.2) is 29.8 Å². The van der Waals surface area contributed by atoms with Crippen LogP contribution in [0.3, 0.4) is 0 Å². The van der Waals surface area contributed by atoms with Crippen molar-refractivity contribution in [3.05, 3.63) is 45.5 Å². The Kier molecular flexibility index (Phi) is 5.89. The summed E-state index contributed by atoms with van der Waals surface area (Å²) in [5, 5.41) is 4.60. The van der Waals surface area contributed by atoms with Gasteiger partial charge in [0, 0.05) is 10.0 Å². The Morgan fingerprint density at radius 1 is 1.31 bits per heavy atom. The molecule has 0 unspecified atom stereocenters. The molecule has 0 radical (unpaired) electrons. The molecule has 88 valence electrons. The number of hydrogen-bond donors (Lipinski definition) is 1. The zero-order valence-corrected chi connectivity index (χ0v) is 11.2. The number of nitrogens with one attached hydrogen (secondary N) is 1. The van der Waals surface area contributed by atoms with Crippen LogP contribution in [0.4, 0.5) is 0 Å². The van der Waals surface area contributed by atoms with Gasteiger partial charge in [-0.05, 0) is 51.1 Å². The average molecular weight is 258 g/mol. The average Bonchev–Trinajstić information content (AvgIpc) is 2.24. The first kappa shape index (κ1) is 13.6. The van der Waals surface area contributed by atoms with Crippen molar-refractivity contribution in [2.45, 2.75) is 19.8 Å². The van der Waals surface area contributed by atoms with Crippen LogP contribution < -0.4 is 5.32 Å². The van der Waals surface area contributed by atoms with E-state index in [-0.39, 0.29) is 0 Å². The molecule has 0 aliphatic heterocycles. The molecule has 0 aromatic heterocycles. The van der Waals surface area contributed by atoms with E-state index in [0.717, 1.165) is 35.0 Å². The summed E-state index contributed by atoms with van der Waals surface area (Å²) < 4.78 is 0. The predicted octanol–water partition coefficient (Wildman–Crippen LogP) is 4.09. The Bertz CT molecular complexity index is 352. The van der Waals surface area contributed by atoms with Gasteiger partial charge in [0.05, 0.1) is 0 Å². The van der Waals surface area contributed by atoms with E-state index in [1.807, 2.05) is 25.2 Å². The fourth-order valence-corrected chi connectivity index (χ4v) is 2.05. The van der Waals surface area contributed by atoms with Gasteiger partial charge in [-0.3, -0.25) is 0 Å². The van der Waals surface area contributed by atoms with Gasteiger partial charge in [-0.2, -0.15) is 0 Å². The summed E-state index contributed by atoms with van der Waals surface area (Å²) in [5.41, 5.74) is 2.31. The Morgan fingerprint density at radius 2 is 1.94 bits per heavy atom. The molecule has 0 heterocycles. The van der Waals surface area contributed by atoms with Gasteiger partial charge in [-0.1, -0.05) is 40.9 Å². The maximum atomic E-state index is 6.11. The molecule has 16 heavy (non-hydrogen) atoms. The zero-order valence-electron chi connectivity index (χ0n) is 9.69. The van der Waals surface area contributed by atoms with Crippen molar-refractivity contribution in [1.82, 2.24) is 5.32 Å². The Balaban J connectivity index is 2.69. The highest BCUT2D eigenvalue weighted by atomic mass is 35.5. The van der Waals surface area contributed by atoms with Crippen LogP contribution in [-0.2, 0) is 6.42 Å². The number of allylic oxidation sites excluding steroid dienone is 1. The molecule has 0 saturated heterocycles. The molecule has 0 spiro atoms. The van der Waals surface area contributed by atoms with Crippen LogP contribution in [0.1, 0.15) is 18.9 Å². The molecule has 1 rings (SSSR count). The molecule has 0 aliphatic rings. The monoisotopic (exact) mass is 257 g/mol. The zero-order chi connectivity index (χ0) is 12.0. The van der Waals surface area contributed by atoms with Gasteiger partial charge in [0.15, 0.2) is 0 Å². The molecule has 1 aromatic carbocycles. The smallest absolute Gasteiger partial charge is 0.0456 e. The first-order valence-electron chi connectivity index (χ1n) is 5.38. The van der Waals surface area contributed by atoms with E-state index in [9.17, 15) is 0 Å². The third-order valence-electron chi connectivity index (χ3n) is 2.40. The van der Waals surface area contributed by atoms with E-state index >= 15 is 0 Å². The fraction of sp³-hybridized carbons (Fsp3) is 0.385. The minimum atomic E-state index is 0.744. The fourth-order valence-electron chi connectivity index (χ4n) is 1.52. The summed E-state index contributed by atoms with van der Waals surface area (Å²) in [5.74, 6) is 0. The summed E-state index contributed by atoms with van der Waals surface area (Å²) in [6, 6.07) is 5.63. The van der Waals surface area contributed by atoms with Crippen molar-refractivity contribution >= 4 is 23.2 Å². The molecule has 1 N–H and O–H groups in total. The number of halogens is 2. The third kappa shape index (κ3) is 4.17. The highest BCUT2D eigenvalue weighted by Crippen LogP contribution is 2.26. The van der Waals surface area contributed by atoms with E-state index in [2.05, 4.69) is 18.3 Å². The van der Waals surface area contributed by atoms with Crippen molar-refractivity contribution in [3.63, 3.8) is 0 Å². The van der Waals surface area contributed by atoms with E-state index in [0.29, 0.717) is 0 Å². The molecule has 1 nitrogen and oxygen atoms in total. The van der Waals surface area contributed by atoms with Crippen LogP contribution in [-0.4, -0.2) is 13.6 Å². The molecule has 0 amide bonds. The lowest BCUT2D eigenvalue weighted by Crippen LogP contribution is -2.06. The van der Waals surface area contributed by atoms with Crippen LogP contribution in [0.25, 0.3) is 0 Å². The molecule has 0 bridgehead atoms. The van der Waals surface area contributed by atoms with Crippen LogP contribution in [0, 0.1) is 0 Å². The normalized spacial score (nSPS) is 11.9. The topological polar surface area (TPSA) is 12.0 Å². The second-order valence-corrected chi connectivity index (χ2v) is 4.63. The standard InChI is InChI=1S/C13H17Cl2N/c1-10(5-4-8-16-2)9-11-12(14)6-3-7-13(11)15/h3,5-7,16H,4,8-9H2,1-2H3. The maximum absolute atomic E-state index is 6.11. The van der Waals surface area contributed by atoms with E-state index in [1.165, 1.54) is 5.57 Å². The number of benzene rings is 1. The quantitative estimate of drug-likeness (QED) is 0.619. The van der Waals surface area contributed by atoms with Gasteiger partial charge in [0.25, 0.3) is 0 Å². The van der Waals surface area contributed by atoms with Crippen LogP contribution >= 0.6 is 23.2 Å². The van der Waals surface area contributed by atoms with Crippen molar-refractivity contribution < 1.29 is 0 Å². The van der Waals surface area contributed by atoms with Crippen molar-refractivity contribution in [1.29, 1.82) is 0 Å². The summed E-state index contributed by atoms with van der Waals surface area (Å²) in [7, 11) is 1.95. The third-order valence-corrected chi connectivity index (χ3v) is 3.11. The van der Waals surface area contributed by atoms with Gasteiger partial charge < -0.3 is 5.32 Å². The summed E-state index contributed by atoms with van der Waals surface area (Å²) in [6.07, 6.45) is 4.07. The molecular formula is C13H17Cl2N. The van der Waals surface area contributed by atoms with Crippen molar-refractivity contribution in [3.8, 4) is 0 Å². The van der Waals surface area contributed by atoms with Gasteiger partial charge in [0.2, 0.25) is 0 Å². The Labute approximate surface area is 107 Å². The van der Waals surface area contributed by atoms with Gasteiger partial charge in [-0.25, -0.2) is 0 Å². The van der Waals surface area contributed by atoms with E-state index < -0.39 is 0 Å². The van der Waals surface area contributed by atoms with Gasteiger partial charge in [-0.15, -0.1) is 0 Å². The Morgan fingerprint density at radius 3 is 2.50 bits per heavy atom. The molecule has 0 saturated carbocycles. The lowest BCUT2D eigenvalue weighted by Gasteiger charge is -2.07. The molecule has 1 aromatic rings. The van der Waals surface area contributed by atoms with Crippen LogP contribution in [0.5, 0.6) is 0 Å². The first-order chi connectivity index (χ1) is 7.65. The second-order valence-electron chi connectivity index (χ2n) is 3.82. The van der Waals surface area contributed by atoms with Gasteiger partial charge in [0.1, 0.15) is 0 Å². The first-order valence-corrected chi connectivity index (χ1v) is 6.14. The lowest BCUT2D eigenvalue weighted by atomic mass is 10.1. The maximum Gasteiger partial charge on any atom is 0.0456 e. The van der Waals surface area contributed by atoms with Crippen molar-refractivity contribution in [2.75, 3.05) is 13.6 Å². The molecular weight excluding hydrogens is 241 g/mol. The molecule has 3 heteroatoms. The van der Waals surface area contributed by atoms with E-state index in [1.54, 1.807) is 0 Å². The largest absolute Gasteiger partial charge is 0.319 e. The lowest BCUT2D eigenvalue weighted by molar-refractivity contribution is 0.803. The highest BCUT2D eigenvalue weighted by Gasteiger charge is 2.05. The minimum absolute atomic E-state index is 0.744. The molecule has 0 atom stereocenters. The van der Waals surface area contributed by atoms with Crippen molar-refractivity contribution in [2.24, 2.45) is 0 Å². The highest BCUT2D eigenvalue weighted by molar-refractivity contribution is 6.36. The minimum Gasteiger partial charge on any atom is -0.319 e. The summed E-state index contributed by atoms with van der Waals surface area (Å²) in [6.45, 7) is 3.10. The number of hydrogen-bond acceptors (Lipinski definition) is 1. The summed E-state index contributed by atoms with van der Waals surface area (Å²) in [4.78, 5) is 0. The predicted molar refractivity (Wildman–Crippen MR) is 72.5 cm³/mol. The Hall–Kier alpha value is -0.500. The molecule has 0 fully saturated rings. The number of rotatable bonds is 5. The van der Waals surface area contributed by atoms with Gasteiger partial charge >= 0.3 is 0 Å².